The molecule has 2 aliphatic heterocycles. The first-order chi connectivity index (χ1) is 22.5. The number of carbonyl (C=O) groups excluding carboxylic acids is 1. The third kappa shape index (κ3) is 4.85. The molecule has 1 amide bonds. The molecular weight excluding hydrogens is 587 g/mol. The van der Waals surface area contributed by atoms with E-state index in [1.807, 2.05) is 53.5 Å². The molecule has 1 saturated heterocycles. The lowest BCUT2D eigenvalue weighted by Gasteiger charge is -2.33. The van der Waals surface area contributed by atoms with Crippen molar-refractivity contribution in [1.82, 2.24) is 33.8 Å². The summed E-state index contributed by atoms with van der Waals surface area (Å²) >= 11 is 0. The molecule has 0 radical (unpaired) electrons. The number of fused-ring (bicyclic) bond motifs is 11. The van der Waals surface area contributed by atoms with Crippen LogP contribution in [0.3, 0.4) is 0 Å². The van der Waals surface area contributed by atoms with Gasteiger partial charge >= 0.3 is 0 Å². The third-order valence-electron chi connectivity index (χ3n) is 8.75. The Bertz CT molecular complexity index is 2090. The topological polar surface area (TPSA) is 118 Å². The first-order valence-corrected chi connectivity index (χ1v) is 15.4. The summed E-state index contributed by atoms with van der Waals surface area (Å²) in [5.74, 6) is 1.65. The van der Waals surface area contributed by atoms with Crippen LogP contribution in [0.15, 0.2) is 73.2 Å². The van der Waals surface area contributed by atoms with Gasteiger partial charge in [0.25, 0.3) is 5.91 Å². The second-order valence-electron chi connectivity index (χ2n) is 11.9. The van der Waals surface area contributed by atoms with Gasteiger partial charge in [-0.2, -0.15) is 5.10 Å². The highest BCUT2D eigenvalue weighted by atomic mass is 19.1. The van der Waals surface area contributed by atoms with E-state index in [0.29, 0.717) is 48.9 Å². The van der Waals surface area contributed by atoms with E-state index in [4.69, 9.17) is 25.2 Å². The van der Waals surface area contributed by atoms with Crippen LogP contribution in [0.5, 0.6) is 11.5 Å². The average molecular weight is 621 g/mol. The van der Waals surface area contributed by atoms with Crippen molar-refractivity contribution in [1.29, 1.82) is 0 Å². The van der Waals surface area contributed by atoms with Crippen LogP contribution in [0.2, 0.25) is 0 Å². The largest absolute Gasteiger partial charge is 0.494 e. The number of nitrogens with zero attached hydrogens (tertiary/aromatic N) is 7. The van der Waals surface area contributed by atoms with Gasteiger partial charge in [0, 0.05) is 48.0 Å². The maximum Gasteiger partial charge on any atom is 0.254 e. The maximum absolute atomic E-state index is 14.4. The second kappa shape index (κ2) is 11.3. The highest BCUT2D eigenvalue weighted by Crippen LogP contribution is 2.36. The Morgan fingerprint density at radius 2 is 2.00 bits per heavy atom. The van der Waals surface area contributed by atoms with Gasteiger partial charge in [0.05, 0.1) is 44.2 Å². The molecule has 0 aliphatic carbocycles. The second-order valence-corrected chi connectivity index (χ2v) is 11.9. The van der Waals surface area contributed by atoms with Crippen LogP contribution in [0, 0.1) is 0 Å². The number of rotatable bonds is 2. The number of para-hydroxylation sites is 2. The molecule has 1 fully saturated rings. The smallest absolute Gasteiger partial charge is 0.254 e. The number of benzene rings is 2. The Hall–Kier alpha value is -5.23. The van der Waals surface area contributed by atoms with Crippen LogP contribution in [0.4, 0.5) is 4.39 Å². The molecule has 6 aromatic rings. The Morgan fingerprint density at radius 3 is 2.87 bits per heavy atom. The molecule has 12 heteroatoms. The molecule has 0 unspecified atom stereocenters. The molecule has 0 saturated carbocycles. The Balaban J connectivity index is 1.33. The number of halogens is 1. The monoisotopic (exact) mass is 620 g/mol. The fourth-order valence-electron chi connectivity index (χ4n) is 6.71. The van der Waals surface area contributed by atoms with E-state index in [1.54, 1.807) is 25.4 Å². The summed E-state index contributed by atoms with van der Waals surface area (Å²) in [7, 11) is 1.58. The molecule has 6 heterocycles. The van der Waals surface area contributed by atoms with Gasteiger partial charge < -0.3 is 29.2 Å². The predicted octanol–water partition coefficient (Wildman–Crippen LogP) is 4.59. The Kier molecular flexibility index (Phi) is 6.93. The van der Waals surface area contributed by atoms with Crippen LogP contribution < -0.4 is 15.2 Å². The zero-order valence-electron chi connectivity index (χ0n) is 25.3. The van der Waals surface area contributed by atoms with Gasteiger partial charge in [-0.3, -0.25) is 4.79 Å². The van der Waals surface area contributed by atoms with Crippen LogP contribution >= 0.6 is 0 Å². The van der Waals surface area contributed by atoms with E-state index < -0.39 is 12.2 Å². The zero-order valence-corrected chi connectivity index (χ0v) is 25.3. The molecule has 2 bridgehead atoms. The number of aromatic nitrogens is 6. The molecule has 0 spiro atoms. The van der Waals surface area contributed by atoms with E-state index >= 15 is 0 Å². The normalized spacial score (nSPS) is 18.4. The molecular formula is C34H33FN8O3. The minimum absolute atomic E-state index is 0.0104. The highest BCUT2D eigenvalue weighted by Gasteiger charge is 2.30. The van der Waals surface area contributed by atoms with Crippen molar-refractivity contribution in [2.24, 2.45) is 5.73 Å². The molecule has 2 aliphatic rings. The Labute approximate surface area is 264 Å². The number of aryl methyl sites for hydroxylation is 1. The van der Waals surface area contributed by atoms with Crippen LogP contribution in [0.1, 0.15) is 28.8 Å². The number of imidazole rings is 1. The minimum Gasteiger partial charge on any atom is -0.494 e. The summed E-state index contributed by atoms with van der Waals surface area (Å²) in [5, 5.41) is 5.67. The van der Waals surface area contributed by atoms with E-state index in [-0.39, 0.29) is 18.9 Å². The van der Waals surface area contributed by atoms with Crippen LogP contribution in [-0.2, 0) is 13.1 Å². The fraction of sp³-hybridized carbons (Fsp3) is 0.294. The van der Waals surface area contributed by atoms with Gasteiger partial charge in [-0.25, -0.2) is 19.0 Å². The van der Waals surface area contributed by atoms with Crippen molar-refractivity contribution in [3.8, 4) is 28.7 Å². The molecule has 2 aromatic carbocycles. The molecule has 4 aromatic heterocycles. The van der Waals surface area contributed by atoms with Crippen LogP contribution in [-0.4, -0.2) is 78.7 Å². The van der Waals surface area contributed by atoms with Gasteiger partial charge in [0.1, 0.15) is 34.5 Å². The number of hydrogen-bond donors (Lipinski definition) is 1. The Morgan fingerprint density at radius 1 is 1.11 bits per heavy atom. The van der Waals surface area contributed by atoms with E-state index in [9.17, 15) is 9.18 Å². The van der Waals surface area contributed by atoms with Crippen molar-refractivity contribution in [2.45, 2.75) is 38.1 Å². The summed E-state index contributed by atoms with van der Waals surface area (Å²) in [5.41, 5.74) is 11.3. The summed E-state index contributed by atoms with van der Waals surface area (Å²) < 4.78 is 32.7. The summed E-state index contributed by atoms with van der Waals surface area (Å²) in [6.45, 7) is 1.87. The summed E-state index contributed by atoms with van der Waals surface area (Å²) in [6, 6.07) is 17.0. The van der Waals surface area contributed by atoms with Crippen LogP contribution in [0.25, 0.3) is 39.3 Å². The number of nitrogens with two attached hydrogens (primary N) is 1. The van der Waals surface area contributed by atoms with E-state index in [2.05, 4.69) is 20.3 Å². The van der Waals surface area contributed by atoms with E-state index in [1.165, 1.54) is 4.90 Å². The number of pyridine rings is 1. The maximum atomic E-state index is 14.4. The minimum atomic E-state index is -1.16. The van der Waals surface area contributed by atoms with Gasteiger partial charge in [-0.15, -0.1) is 0 Å². The molecule has 2 N–H and O–H groups in total. The number of carbonyl (C=O) groups is 1. The number of methoxy groups -OCH3 is 1. The van der Waals surface area contributed by atoms with Gasteiger partial charge in [0.15, 0.2) is 5.82 Å². The SMILES string of the molecule is COc1cc(C(=O)N2C[C@H](N)C[C@@H](F)C2)cc2nc3n(c12)Cc1cnn(c1)-c1ccccc1OCCCn1c-3cc2cccnc21. The van der Waals surface area contributed by atoms with Gasteiger partial charge in [-0.1, -0.05) is 12.1 Å². The standard InChI is InChI=1S/C34H33FN8O3/c1-45-30-14-23(34(44)40-19-24(35)15-25(36)20-40)12-26-31(30)42-17-21-16-38-43(18-21)27-7-2-3-8-29(27)46-11-5-10-41-28(33(42)39-26)13-22-6-4-9-37-32(22)41/h2-4,6-9,12-14,16,18,24-25H,5,10-11,15,17,19-20,36H2,1H3/t24-,25-/m1/s1. The first-order valence-electron chi connectivity index (χ1n) is 15.4. The van der Waals surface area contributed by atoms with E-state index in [0.717, 1.165) is 45.7 Å². The van der Waals surface area contributed by atoms with Crippen molar-refractivity contribution in [3.63, 3.8) is 0 Å². The zero-order chi connectivity index (χ0) is 31.4. The number of piperidine rings is 1. The fourth-order valence-corrected chi connectivity index (χ4v) is 6.71. The molecule has 8 rings (SSSR count). The lowest BCUT2D eigenvalue weighted by atomic mass is 10.0. The number of likely N-dealkylation sites (tertiary alicyclic amines) is 1. The number of ether oxygens (including phenoxy) is 2. The molecule has 11 nitrogen and oxygen atoms in total. The van der Waals surface area contributed by atoms with Crippen molar-refractivity contribution in [2.75, 3.05) is 26.8 Å². The average Bonchev–Trinajstić information content (AvgIpc) is 3.77. The lowest BCUT2D eigenvalue weighted by Crippen LogP contribution is -2.50. The number of hydrogen-bond acceptors (Lipinski definition) is 7. The highest BCUT2D eigenvalue weighted by molar-refractivity contribution is 6.00. The summed E-state index contributed by atoms with van der Waals surface area (Å²) in [4.78, 5) is 25.0. The van der Waals surface area contributed by atoms with Crippen molar-refractivity contribution in [3.05, 3.63) is 84.3 Å². The third-order valence-corrected chi connectivity index (χ3v) is 8.75. The lowest BCUT2D eigenvalue weighted by molar-refractivity contribution is 0.0606. The predicted molar refractivity (Wildman–Crippen MR) is 171 cm³/mol. The molecule has 2 atom stereocenters. The molecule has 234 valence electrons. The van der Waals surface area contributed by atoms with Crippen molar-refractivity contribution >= 4 is 28.0 Å². The summed E-state index contributed by atoms with van der Waals surface area (Å²) in [6.07, 6.45) is 5.42. The van der Waals surface area contributed by atoms with Crippen molar-refractivity contribution < 1.29 is 18.7 Å². The van der Waals surface area contributed by atoms with Gasteiger partial charge in [-0.05, 0) is 55.3 Å². The molecule has 46 heavy (non-hydrogen) atoms. The number of amides is 1. The number of alkyl halides is 1. The van der Waals surface area contributed by atoms with Gasteiger partial charge in [0.2, 0.25) is 0 Å². The first kappa shape index (κ1) is 28.3. The quantitative estimate of drug-likeness (QED) is 0.301.